The Kier molecular flexibility index (Phi) is 6.55. The molecule has 0 fully saturated rings. The third kappa shape index (κ3) is 4.80. The molecule has 0 bridgehead atoms. The second kappa shape index (κ2) is 9.46. The maximum Gasteiger partial charge on any atom is 0.341 e. The van der Waals surface area contributed by atoms with Crippen LogP contribution in [0.25, 0.3) is 33.4 Å². The molecule has 0 radical (unpaired) electrons. The van der Waals surface area contributed by atoms with E-state index in [1.54, 1.807) is 25.1 Å². The van der Waals surface area contributed by atoms with Gasteiger partial charge in [-0.3, -0.25) is 4.79 Å². The summed E-state index contributed by atoms with van der Waals surface area (Å²) in [5, 5.41) is 3.11. The number of hydrogen-bond donors (Lipinski definition) is 1. The number of methoxy groups -OCH3 is 1. The van der Waals surface area contributed by atoms with Gasteiger partial charge in [-0.1, -0.05) is 6.07 Å². The smallest absolute Gasteiger partial charge is 0.341 e. The summed E-state index contributed by atoms with van der Waals surface area (Å²) in [5.41, 5.74) is 2.99. The van der Waals surface area contributed by atoms with Gasteiger partial charge in [0.15, 0.2) is 5.75 Å². The molecule has 0 saturated carbocycles. The van der Waals surface area contributed by atoms with Crippen molar-refractivity contribution in [1.29, 1.82) is 0 Å². The molecule has 1 heterocycles. The third-order valence-electron chi connectivity index (χ3n) is 5.53. The lowest BCUT2D eigenvalue weighted by Crippen LogP contribution is -2.18. The van der Waals surface area contributed by atoms with Crippen LogP contribution in [-0.2, 0) is 14.9 Å². The minimum atomic E-state index is -3.90. The average Bonchev–Trinajstić information content (AvgIpc) is 3.21. The number of esters is 1. The van der Waals surface area contributed by atoms with Crippen molar-refractivity contribution < 1.29 is 35.7 Å². The van der Waals surface area contributed by atoms with Gasteiger partial charge in [0.05, 0.1) is 18.9 Å². The van der Waals surface area contributed by atoms with Crippen molar-refractivity contribution in [2.75, 3.05) is 20.4 Å². The van der Waals surface area contributed by atoms with Crippen molar-refractivity contribution in [3.05, 3.63) is 77.1 Å². The van der Waals surface area contributed by atoms with Gasteiger partial charge in [0, 0.05) is 18.0 Å². The van der Waals surface area contributed by atoms with Gasteiger partial charge in [0.2, 0.25) is 0 Å². The van der Waals surface area contributed by atoms with Crippen LogP contribution in [0.3, 0.4) is 0 Å². The van der Waals surface area contributed by atoms with Crippen LogP contribution in [0, 0.1) is 12.7 Å². The zero-order valence-corrected chi connectivity index (χ0v) is 20.7. The van der Waals surface area contributed by atoms with Crippen LogP contribution in [0.1, 0.15) is 26.3 Å². The lowest BCUT2D eigenvalue weighted by atomic mass is 9.95. The summed E-state index contributed by atoms with van der Waals surface area (Å²) in [5.74, 6) is -1.46. The monoisotopic (exact) mass is 511 g/mol. The van der Waals surface area contributed by atoms with Crippen LogP contribution in [0.2, 0.25) is 0 Å². The molecule has 3 aromatic carbocycles. The fourth-order valence-corrected chi connectivity index (χ4v) is 4.38. The van der Waals surface area contributed by atoms with E-state index in [-0.39, 0.29) is 22.6 Å². The van der Waals surface area contributed by atoms with Crippen LogP contribution in [0.4, 0.5) is 4.39 Å². The zero-order chi connectivity index (χ0) is 26.2. The predicted octanol–water partition coefficient (Wildman–Crippen LogP) is 4.70. The number of carbonyl (C=O) groups is 2. The number of nitrogens with one attached hydrogen (secondary N) is 1. The Morgan fingerprint density at radius 2 is 1.67 bits per heavy atom. The van der Waals surface area contributed by atoms with Gasteiger partial charge in [-0.15, -0.1) is 0 Å². The number of rotatable bonds is 6. The topological polar surface area (TPSA) is 112 Å². The average molecular weight is 512 g/mol. The fourth-order valence-electron chi connectivity index (χ4n) is 3.91. The Morgan fingerprint density at radius 1 is 1.00 bits per heavy atom. The van der Waals surface area contributed by atoms with Crippen LogP contribution >= 0.6 is 0 Å². The van der Waals surface area contributed by atoms with Crippen molar-refractivity contribution in [1.82, 2.24) is 5.32 Å². The van der Waals surface area contributed by atoms with Gasteiger partial charge in [-0.2, -0.15) is 8.42 Å². The van der Waals surface area contributed by atoms with Gasteiger partial charge < -0.3 is 18.7 Å². The van der Waals surface area contributed by atoms with Crippen LogP contribution in [0.5, 0.6) is 5.75 Å². The van der Waals surface area contributed by atoms with Crippen molar-refractivity contribution in [3.63, 3.8) is 0 Å². The van der Waals surface area contributed by atoms with Gasteiger partial charge in [-0.25, -0.2) is 9.18 Å². The number of amides is 1. The van der Waals surface area contributed by atoms with Gasteiger partial charge >= 0.3 is 16.1 Å². The molecule has 10 heteroatoms. The molecule has 8 nitrogen and oxygen atoms in total. The first-order valence-corrected chi connectivity index (χ1v) is 12.5. The largest absolute Gasteiger partial charge is 0.465 e. The molecule has 0 spiro atoms. The Balaban J connectivity index is 1.93. The maximum atomic E-state index is 13.5. The van der Waals surface area contributed by atoms with E-state index in [4.69, 9.17) is 13.3 Å². The molecule has 4 rings (SSSR count). The Bertz CT molecular complexity index is 1610. The van der Waals surface area contributed by atoms with E-state index in [1.165, 1.54) is 50.6 Å². The molecular weight excluding hydrogens is 489 g/mol. The Labute approximate surface area is 206 Å². The van der Waals surface area contributed by atoms with Crippen LogP contribution in [-0.4, -0.2) is 40.7 Å². The number of benzene rings is 3. The summed E-state index contributed by atoms with van der Waals surface area (Å²) in [7, 11) is -1.23. The Hall–Kier alpha value is -4.18. The second-order valence-corrected chi connectivity index (χ2v) is 9.62. The lowest BCUT2D eigenvalue weighted by molar-refractivity contribution is 0.0598. The first-order valence-electron chi connectivity index (χ1n) is 10.7. The molecule has 1 amide bonds. The lowest BCUT2D eigenvalue weighted by Gasteiger charge is -2.13. The highest BCUT2D eigenvalue weighted by Gasteiger charge is 2.24. The van der Waals surface area contributed by atoms with Crippen molar-refractivity contribution in [2.24, 2.45) is 0 Å². The van der Waals surface area contributed by atoms with Crippen molar-refractivity contribution in [3.8, 4) is 28.2 Å². The molecule has 1 N–H and O–H groups in total. The predicted molar refractivity (Wildman–Crippen MR) is 132 cm³/mol. The minimum absolute atomic E-state index is 0.0747. The van der Waals surface area contributed by atoms with Gasteiger partial charge in [-0.05, 0) is 72.1 Å². The van der Waals surface area contributed by atoms with E-state index in [2.05, 4.69) is 5.32 Å². The number of halogens is 1. The molecule has 0 atom stereocenters. The highest BCUT2D eigenvalue weighted by Crippen LogP contribution is 2.38. The highest BCUT2D eigenvalue weighted by atomic mass is 32.2. The number of fused-ring (bicyclic) bond motifs is 1. The van der Waals surface area contributed by atoms with E-state index in [0.717, 1.165) is 6.26 Å². The van der Waals surface area contributed by atoms with Crippen LogP contribution < -0.4 is 9.50 Å². The summed E-state index contributed by atoms with van der Waals surface area (Å²) in [6.45, 7) is 1.73. The molecule has 0 aliphatic heterocycles. The van der Waals surface area contributed by atoms with E-state index < -0.39 is 27.8 Å². The Morgan fingerprint density at radius 3 is 2.28 bits per heavy atom. The van der Waals surface area contributed by atoms with E-state index in [1.807, 2.05) is 0 Å². The number of furan rings is 1. The van der Waals surface area contributed by atoms with E-state index in [0.29, 0.717) is 33.2 Å². The number of ether oxygens (including phenoxy) is 1. The first-order chi connectivity index (χ1) is 17.0. The SMILES string of the molecule is CNC(=O)c1c(-c2ccc(F)cc2)oc2ccc(-c3cc(C(=O)OC)c(OS(C)(=O)=O)cc3C)cc12. The molecule has 0 saturated heterocycles. The molecule has 1 aromatic heterocycles. The molecule has 0 aliphatic carbocycles. The normalized spacial score (nSPS) is 11.4. The standard InChI is InChI=1S/C26H22FNO7S/c1-14-11-22(35-36(4,31)32)20(26(30)33-3)13-18(14)16-7-10-21-19(12-16)23(25(29)28-2)24(34-21)15-5-8-17(27)9-6-15/h5-13H,1-4H3,(H,28,29). The molecule has 4 aromatic rings. The molecule has 0 aliphatic rings. The maximum absolute atomic E-state index is 13.5. The minimum Gasteiger partial charge on any atom is -0.465 e. The van der Waals surface area contributed by atoms with Crippen LogP contribution in [0.15, 0.2) is 59.0 Å². The molecule has 0 unspecified atom stereocenters. The fraction of sp³-hybridized carbons (Fsp3) is 0.154. The van der Waals surface area contributed by atoms with Crippen molar-refractivity contribution >= 4 is 33.0 Å². The van der Waals surface area contributed by atoms with Gasteiger partial charge in [0.25, 0.3) is 5.91 Å². The van der Waals surface area contributed by atoms with E-state index in [9.17, 15) is 22.4 Å². The van der Waals surface area contributed by atoms with Crippen molar-refractivity contribution in [2.45, 2.75) is 6.92 Å². The molecular formula is C26H22FNO7S. The number of aryl methyl sites for hydroxylation is 1. The zero-order valence-electron chi connectivity index (χ0n) is 19.8. The summed E-state index contributed by atoms with van der Waals surface area (Å²) >= 11 is 0. The van der Waals surface area contributed by atoms with Gasteiger partial charge in [0.1, 0.15) is 22.7 Å². The number of carbonyl (C=O) groups excluding carboxylic acids is 2. The quantitative estimate of drug-likeness (QED) is 0.295. The highest BCUT2D eigenvalue weighted by molar-refractivity contribution is 7.86. The summed E-state index contributed by atoms with van der Waals surface area (Å²) in [6, 6.07) is 13.7. The van der Waals surface area contributed by atoms with E-state index >= 15 is 0 Å². The summed E-state index contributed by atoms with van der Waals surface area (Å²) in [4.78, 5) is 25.2. The summed E-state index contributed by atoms with van der Waals surface area (Å²) in [6.07, 6.45) is 0.878. The number of hydrogen-bond acceptors (Lipinski definition) is 7. The molecule has 36 heavy (non-hydrogen) atoms. The second-order valence-electron chi connectivity index (χ2n) is 8.05. The molecule has 186 valence electrons. The summed E-state index contributed by atoms with van der Waals surface area (Å²) < 4.78 is 52.7. The first kappa shape index (κ1) is 24.9. The third-order valence-corrected chi connectivity index (χ3v) is 6.01.